The maximum absolute atomic E-state index is 12.3. The van der Waals surface area contributed by atoms with Gasteiger partial charge in [0, 0.05) is 17.4 Å². The van der Waals surface area contributed by atoms with E-state index in [4.69, 9.17) is 4.74 Å². The lowest BCUT2D eigenvalue weighted by Crippen LogP contribution is -2.26. The Kier molecular flexibility index (Phi) is 18.7. The Bertz CT molecular complexity index is 323. The Hall–Kier alpha value is 0.170. The summed E-state index contributed by atoms with van der Waals surface area (Å²) in [5.41, 5.74) is 0. The van der Waals surface area contributed by atoms with E-state index < -0.39 is 0 Å². The zero-order valence-corrected chi connectivity index (χ0v) is 19.3. The van der Waals surface area contributed by atoms with Gasteiger partial charge in [0.1, 0.15) is 6.10 Å². The molecule has 0 aromatic heterocycles. The van der Waals surface area contributed by atoms with Crippen LogP contribution in [0.2, 0.25) is 0 Å². The van der Waals surface area contributed by atoms with E-state index in [1.165, 1.54) is 44.9 Å². The molecule has 0 spiro atoms. The van der Waals surface area contributed by atoms with Crippen LogP contribution in [0.3, 0.4) is 0 Å². The number of esters is 1. The van der Waals surface area contributed by atoms with Gasteiger partial charge in [-0.2, -0.15) is 25.3 Å². The van der Waals surface area contributed by atoms with E-state index >= 15 is 0 Å². The number of thiol groups is 2. The number of ether oxygens (including phenoxy) is 1. The maximum Gasteiger partial charge on any atom is 0.306 e. The summed E-state index contributed by atoms with van der Waals surface area (Å²) in [6, 6.07) is 0. The highest BCUT2D eigenvalue weighted by molar-refractivity contribution is 7.84. The first-order valence-corrected chi connectivity index (χ1v) is 12.2. The zero-order chi connectivity index (χ0) is 19.6. The molecule has 0 rings (SSSR count). The monoisotopic (exact) mass is 404 g/mol. The van der Waals surface area contributed by atoms with Crippen LogP contribution in [0.15, 0.2) is 0 Å². The molecule has 26 heavy (non-hydrogen) atoms. The fraction of sp³-hybridized carbons (Fsp3) is 0.955. The molecular weight excluding hydrogens is 360 g/mol. The molecule has 2 nitrogen and oxygen atoms in total. The largest absolute Gasteiger partial charge is 0.462 e. The van der Waals surface area contributed by atoms with Crippen LogP contribution in [0, 0.1) is 5.92 Å². The molecule has 0 saturated heterocycles. The lowest BCUT2D eigenvalue weighted by Gasteiger charge is -2.26. The minimum absolute atomic E-state index is 0.00239. The first-order chi connectivity index (χ1) is 12.6. The second-order valence-electron chi connectivity index (χ2n) is 7.63. The molecule has 0 N–H and O–H groups in total. The van der Waals surface area contributed by atoms with Gasteiger partial charge in [0.15, 0.2) is 0 Å². The van der Waals surface area contributed by atoms with E-state index in [-0.39, 0.29) is 17.3 Å². The average Bonchev–Trinajstić information content (AvgIpc) is 2.65. The van der Waals surface area contributed by atoms with Crippen LogP contribution in [0.1, 0.15) is 111 Å². The summed E-state index contributed by atoms with van der Waals surface area (Å²) in [7, 11) is 0. The Morgan fingerprint density at radius 3 is 2.04 bits per heavy atom. The molecule has 4 heteroatoms. The standard InChI is InChI=1S/C22H44O2S2/c1-4-7-9-11-12-14-16-22(23)24-20(15-13-10-8-5-2)17-19(6-3)21(26)18-25/h19-21,25-26H,4-18H2,1-3H3. The van der Waals surface area contributed by atoms with E-state index in [0.717, 1.165) is 44.3 Å². The van der Waals surface area contributed by atoms with Crippen molar-refractivity contribution in [3.8, 4) is 0 Å². The summed E-state index contributed by atoms with van der Waals surface area (Å²) in [6.45, 7) is 6.65. The van der Waals surface area contributed by atoms with Crippen molar-refractivity contribution in [2.24, 2.45) is 5.92 Å². The van der Waals surface area contributed by atoms with Gasteiger partial charge in [-0.3, -0.25) is 4.79 Å². The van der Waals surface area contributed by atoms with Gasteiger partial charge in [0.25, 0.3) is 0 Å². The van der Waals surface area contributed by atoms with Crippen LogP contribution in [-0.4, -0.2) is 23.1 Å². The molecule has 0 aliphatic heterocycles. The fourth-order valence-corrected chi connectivity index (χ4v) is 4.03. The molecule has 156 valence electrons. The van der Waals surface area contributed by atoms with Gasteiger partial charge in [-0.05, 0) is 31.6 Å². The summed E-state index contributed by atoms with van der Waals surface area (Å²) in [6.07, 6.45) is 15.7. The predicted octanol–water partition coefficient (Wildman–Crippen LogP) is 7.26. The highest BCUT2D eigenvalue weighted by atomic mass is 32.1. The second-order valence-corrected chi connectivity index (χ2v) is 8.66. The van der Waals surface area contributed by atoms with Crippen molar-refractivity contribution in [2.75, 3.05) is 5.75 Å². The minimum Gasteiger partial charge on any atom is -0.462 e. The topological polar surface area (TPSA) is 26.3 Å². The van der Waals surface area contributed by atoms with Crippen molar-refractivity contribution in [1.82, 2.24) is 0 Å². The van der Waals surface area contributed by atoms with E-state index in [1.807, 2.05) is 0 Å². The van der Waals surface area contributed by atoms with Gasteiger partial charge < -0.3 is 4.74 Å². The number of unbranched alkanes of at least 4 members (excludes halogenated alkanes) is 8. The third-order valence-electron chi connectivity index (χ3n) is 5.23. The Morgan fingerprint density at radius 1 is 0.885 bits per heavy atom. The van der Waals surface area contributed by atoms with Crippen LogP contribution < -0.4 is 0 Å². The maximum atomic E-state index is 12.3. The van der Waals surface area contributed by atoms with Gasteiger partial charge >= 0.3 is 5.97 Å². The van der Waals surface area contributed by atoms with Gasteiger partial charge in [-0.25, -0.2) is 0 Å². The molecule has 0 saturated carbocycles. The zero-order valence-electron chi connectivity index (χ0n) is 17.5. The normalized spacial score (nSPS) is 14.8. The van der Waals surface area contributed by atoms with Crippen molar-refractivity contribution in [3.05, 3.63) is 0 Å². The predicted molar refractivity (Wildman–Crippen MR) is 122 cm³/mol. The third-order valence-corrected chi connectivity index (χ3v) is 6.52. The molecule has 0 aromatic carbocycles. The summed E-state index contributed by atoms with van der Waals surface area (Å²) in [4.78, 5) is 12.3. The molecule has 0 aliphatic rings. The first-order valence-electron chi connectivity index (χ1n) is 11.1. The first kappa shape index (κ1) is 26.2. The van der Waals surface area contributed by atoms with E-state index in [9.17, 15) is 4.79 Å². The molecule has 3 unspecified atom stereocenters. The molecule has 0 heterocycles. The lowest BCUT2D eigenvalue weighted by molar-refractivity contribution is -0.150. The van der Waals surface area contributed by atoms with Crippen molar-refractivity contribution >= 4 is 31.2 Å². The molecular formula is C22H44O2S2. The van der Waals surface area contributed by atoms with Crippen molar-refractivity contribution in [1.29, 1.82) is 0 Å². The molecule has 0 fully saturated rings. The van der Waals surface area contributed by atoms with Gasteiger partial charge in [0.2, 0.25) is 0 Å². The van der Waals surface area contributed by atoms with Crippen LogP contribution in [0.5, 0.6) is 0 Å². The highest BCUT2D eigenvalue weighted by Crippen LogP contribution is 2.25. The Balaban J connectivity index is 4.32. The summed E-state index contributed by atoms with van der Waals surface area (Å²) >= 11 is 9.07. The molecule has 0 radical (unpaired) electrons. The summed E-state index contributed by atoms with van der Waals surface area (Å²) < 4.78 is 5.89. The SMILES string of the molecule is CCCCCCCCC(=O)OC(CCCCCC)CC(CC)C(S)CS. The highest BCUT2D eigenvalue weighted by Gasteiger charge is 2.23. The third kappa shape index (κ3) is 14.3. The lowest BCUT2D eigenvalue weighted by atomic mass is 9.93. The fourth-order valence-electron chi connectivity index (χ4n) is 3.40. The van der Waals surface area contributed by atoms with Crippen molar-refractivity contribution in [3.63, 3.8) is 0 Å². The van der Waals surface area contributed by atoms with Crippen LogP contribution in [0.25, 0.3) is 0 Å². The van der Waals surface area contributed by atoms with E-state index in [2.05, 4.69) is 46.0 Å². The summed E-state index contributed by atoms with van der Waals surface area (Å²) in [5.74, 6) is 1.24. The van der Waals surface area contributed by atoms with Crippen LogP contribution in [-0.2, 0) is 9.53 Å². The summed E-state index contributed by atoms with van der Waals surface area (Å²) in [5, 5.41) is 0.277. The van der Waals surface area contributed by atoms with Crippen molar-refractivity contribution < 1.29 is 9.53 Å². The van der Waals surface area contributed by atoms with E-state index in [0.29, 0.717) is 12.3 Å². The number of hydrogen-bond acceptors (Lipinski definition) is 4. The molecule has 0 amide bonds. The second kappa shape index (κ2) is 18.5. The van der Waals surface area contributed by atoms with Crippen LogP contribution >= 0.6 is 25.3 Å². The molecule has 0 aromatic rings. The molecule has 0 bridgehead atoms. The number of hydrogen-bond donors (Lipinski definition) is 2. The van der Waals surface area contributed by atoms with Gasteiger partial charge in [-0.15, -0.1) is 0 Å². The molecule has 3 atom stereocenters. The van der Waals surface area contributed by atoms with Gasteiger partial charge in [0.05, 0.1) is 0 Å². The number of carbonyl (C=O) groups is 1. The quantitative estimate of drug-likeness (QED) is 0.143. The van der Waals surface area contributed by atoms with E-state index in [1.54, 1.807) is 0 Å². The average molecular weight is 405 g/mol. The van der Waals surface area contributed by atoms with Crippen molar-refractivity contribution in [2.45, 2.75) is 122 Å². The minimum atomic E-state index is -0.00239. The molecule has 0 aliphatic carbocycles. The Labute approximate surface area is 174 Å². The Morgan fingerprint density at radius 2 is 1.46 bits per heavy atom. The van der Waals surface area contributed by atoms with Gasteiger partial charge in [-0.1, -0.05) is 78.6 Å². The smallest absolute Gasteiger partial charge is 0.306 e. The number of rotatable bonds is 18. The number of carbonyl (C=O) groups excluding carboxylic acids is 1. The van der Waals surface area contributed by atoms with Crippen LogP contribution in [0.4, 0.5) is 0 Å².